The summed E-state index contributed by atoms with van der Waals surface area (Å²) in [6.07, 6.45) is 0. The van der Waals surface area contributed by atoms with Crippen LogP contribution in [0.2, 0.25) is 0 Å². The normalized spacial score (nSPS) is 12.1. The van der Waals surface area contributed by atoms with Crippen LogP contribution in [0.4, 0.5) is 0 Å². The molecule has 2 heterocycles. The first-order valence-electron chi connectivity index (χ1n) is 15.0. The van der Waals surface area contributed by atoms with Gasteiger partial charge in [-0.05, 0) is 67.0 Å². The number of hydrogen-bond donors (Lipinski definition) is 0. The first-order chi connectivity index (χ1) is 21.8. The lowest BCUT2D eigenvalue weighted by molar-refractivity contribution is 0.636. The lowest BCUT2D eigenvalue weighted by Crippen LogP contribution is -1.91. The molecule has 0 bridgehead atoms. The maximum atomic E-state index is 6.78. The van der Waals surface area contributed by atoms with Crippen LogP contribution < -0.4 is 0 Å². The number of benzene rings is 8. The minimum absolute atomic E-state index is 0.882. The summed E-state index contributed by atoms with van der Waals surface area (Å²) in [6.45, 7) is 0. The third-order valence-corrected chi connectivity index (χ3v) is 9.24. The van der Waals surface area contributed by atoms with E-state index in [9.17, 15) is 0 Å². The first kappa shape index (κ1) is 23.7. The van der Waals surface area contributed by atoms with Crippen molar-refractivity contribution in [1.82, 2.24) is 0 Å². The highest BCUT2D eigenvalue weighted by Gasteiger charge is 2.22. The Hall–Kier alpha value is -5.86. The van der Waals surface area contributed by atoms with E-state index in [1.54, 1.807) is 0 Å². The van der Waals surface area contributed by atoms with Gasteiger partial charge in [0.05, 0.1) is 0 Å². The second kappa shape index (κ2) is 8.82. The van der Waals surface area contributed by atoms with Gasteiger partial charge in [0, 0.05) is 27.1 Å². The van der Waals surface area contributed by atoms with Gasteiger partial charge in [-0.25, -0.2) is 0 Å². The average Bonchev–Trinajstić information content (AvgIpc) is 3.69. The van der Waals surface area contributed by atoms with Gasteiger partial charge in [0.25, 0.3) is 0 Å². The molecule has 0 N–H and O–H groups in total. The van der Waals surface area contributed by atoms with Crippen molar-refractivity contribution in [3.05, 3.63) is 146 Å². The fourth-order valence-electron chi connectivity index (χ4n) is 7.37. The van der Waals surface area contributed by atoms with Gasteiger partial charge in [-0.3, -0.25) is 0 Å². The molecule has 0 amide bonds. The summed E-state index contributed by atoms with van der Waals surface area (Å²) in [4.78, 5) is 0. The molecule has 0 radical (unpaired) electrons. The van der Waals surface area contributed by atoms with Gasteiger partial charge in [-0.2, -0.15) is 0 Å². The molecule has 44 heavy (non-hydrogen) atoms. The molecule has 204 valence electrons. The summed E-state index contributed by atoms with van der Waals surface area (Å²) in [5, 5.41) is 12.8. The summed E-state index contributed by atoms with van der Waals surface area (Å²) in [7, 11) is 0. The molecule has 0 aliphatic heterocycles. The molecule has 0 aliphatic rings. The minimum atomic E-state index is 0.882. The highest BCUT2D eigenvalue weighted by atomic mass is 16.3. The topological polar surface area (TPSA) is 26.3 Å². The number of para-hydroxylation sites is 1. The maximum absolute atomic E-state index is 6.78. The zero-order valence-corrected chi connectivity index (χ0v) is 23.7. The second-order valence-corrected chi connectivity index (χ2v) is 11.6. The molecular formula is C42H24O2. The number of hydrogen-bond acceptors (Lipinski definition) is 2. The molecule has 2 aromatic heterocycles. The van der Waals surface area contributed by atoms with Crippen molar-refractivity contribution in [1.29, 1.82) is 0 Å². The van der Waals surface area contributed by atoms with Gasteiger partial charge in [0.2, 0.25) is 0 Å². The third-order valence-electron chi connectivity index (χ3n) is 9.24. The standard InChI is InChI=1S/C42H24O2/c1-2-12-27-25(11-1)21-22-26-23-37(44-42(26)27)40-32-17-7-5-15-30(32)39(31-16-6-8-18-33(31)40)35-24-38-41(29-14-4-3-13-28(29)35)34-19-9-10-20-36(34)43-38/h1-24H. The van der Waals surface area contributed by atoms with Gasteiger partial charge in [-0.1, -0.05) is 127 Å². The lowest BCUT2D eigenvalue weighted by atomic mass is 9.85. The molecule has 0 saturated heterocycles. The predicted molar refractivity (Wildman–Crippen MR) is 184 cm³/mol. The summed E-state index contributed by atoms with van der Waals surface area (Å²) in [5.74, 6) is 0.882. The van der Waals surface area contributed by atoms with E-state index in [1.165, 1.54) is 54.2 Å². The molecule has 10 rings (SSSR count). The Morgan fingerprint density at radius 1 is 0.341 bits per heavy atom. The van der Waals surface area contributed by atoms with Crippen molar-refractivity contribution < 1.29 is 8.83 Å². The van der Waals surface area contributed by atoms with E-state index in [0.717, 1.165) is 44.2 Å². The quantitative estimate of drug-likeness (QED) is 0.197. The van der Waals surface area contributed by atoms with Crippen LogP contribution in [0.15, 0.2) is 154 Å². The van der Waals surface area contributed by atoms with Crippen LogP contribution in [0.5, 0.6) is 0 Å². The van der Waals surface area contributed by atoms with Gasteiger partial charge in [0.1, 0.15) is 22.5 Å². The van der Waals surface area contributed by atoms with E-state index < -0.39 is 0 Å². The van der Waals surface area contributed by atoms with Gasteiger partial charge in [-0.15, -0.1) is 0 Å². The Kier molecular flexibility index (Phi) is 4.75. The SMILES string of the molecule is c1ccc2c(c1)ccc1cc(-c3c4ccccc4c(-c4cc5oc6ccccc6c5c5ccccc45)c4ccccc34)oc12. The van der Waals surface area contributed by atoms with E-state index in [1.807, 2.05) is 6.07 Å². The third kappa shape index (κ3) is 3.20. The van der Waals surface area contributed by atoms with E-state index in [2.05, 4.69) is 140 Å². The van der Waals surface area contributed by atoms with Crippen molar-refractivity contribution in [2.45, 2.75) is 0 Å². The van der Waals surface area contributed by atoms with Crippen LogP contribution in [0.3, 0.4) is 0 Å². The number of rotatable bonds is 2. The highest BCUT2D eigenvalue weighted by Crippen LogP contribution is 2.48. The van der Waals surface area contributed by atoms with Crippen LogP contribution >= 0.6 is 0 Å². The van der Waals surface area contributed by atoms with Crippen molar-refractivity contribution in [3.8, 4) is 22.5 Å². The molecule has 2 heteroatoms. The van der Waals surface area contributed by atoms with Crippen molar-refractivity contribution in [3.63, 3.8) is 0 Å². The Labute approximate surface area is 252 Å². The van der Waals surface area contributed by atoms with E-state index in [0.29, 0.717) is 0 Å². The smallest absolute Gasteiger partial charge is 0.142 e. The molecule has 0 unspecified atom stereocenters. The van der Waals surface area contributed by atoms with Gasteiger partial charge in [0.15, 0.2) is 0 Å². The van der Waals surface area contributed by atoms with Crippen LogP contribution in [0.25, 0.3) is 98.4 Å². The van der Waals surface area contributed by atoms with Gasteiger partial charge < -0.3 is 8.83 Å². The van der Waals surface area contributed by atoms with Crippen LogP contribution in [-0.2, 0) is 0 Å². The molecule has 0 saturated carbocycles. The van der Waals surface area contributed by atoms with E-state index in [4.69, 9.17) is 8.83 Å². The summed E-state index contributed by atoms with van der Waals surface area (Å²) < 4.78 is 13.3. The Morgan fingerprint density at radius 3 is 1.61 bits per heavy atom. The Morgan fingerprint density at radius 2 is 0.886 bits per heavy atom. The predicted octanol–water partition coefficient (Wildman–Crippen LogP) is 12.3. The number of fused-ring (bicyclic) bond motifs is 10. The number of furan rings is 2. The molecule has 0 spiro atoms. The second-order valence-electron chi connectivity index (χ2n) is 11.6. The minimum Gasteiger partial charge on any atom is -0.456 e. The van der Waals surface area contributed by atoms with Gasteiger partial charge >= 0.3 is 0 Å². The van der Waals surface area contributed by atoms with Crippen LogP contribution in [0.1, 0.15) is 0 Å². The highest BCUT2D eigenvalue weighted by molar-refractivity contribution is 6.28. The maximum Gasteiger partial charge on any atom is 0.142 e. The molecule has 2 nitrogen and oxygen atoms in total. The van der Waals surface area contributed by atoms with Crippen molar-refractivity contribution in [2.75, 3.05) is 0 Å². The summed E-state index contributed by atoms with van der Waals surface area (Å²) in [5.41, 5.74) is 6.24. The molecular weight excluding hydrogens is 536 g/mol. The summed E-state index contributed by atoms with van der Waals surface area (Å²) in [6, 6.07) is 51.8. The van der Waals surface area contributed by atoms with Crippen molar-refractivity contribution >= 4 is 76.0 Å². The fraction of sp³-hybridized carbons (Fsp3) is 0. The molecule has 10 aromatic rings. The zero-order chi connectivity index (χ0) is 28.8. The fourth-order valence-corrected chi connectivity index (χ4v) is 7.37. The Balaban J connectivity index is 1.35. The molecule has 0 atom stereocenters. The van der Waals surface area contributed by atoms with E-state index >= 15 is 0 Å². The summed E-state index contributed by atoms with van der Waals surface area (Å²) >= 11 is 0. The largest absolute Gasteiger partial charge is 0.456 e. The lowest BCUT2D eigenvalue weighted by Gasteiger charge is -2.18. The molecule has 8 aromatic carbocycles. The van der Waals surface area contributed by atoms with Crippen LogP contribution in [-0.4, -0.2) is 0 Å². The monoisotopic (exact) mass is 560 g/mol. The molecule has 0 fully saturated rings. The average molecular weight is 561 g/mol. The Bertz CT molecular complexity index is 2720. The molecule has 0 aliphatic carbocycles. The zero-order valence-electron chi connectivity index (χ0n) is 23.7. The van der Waals surface area contributed by atoms with Crippen molar-refractivity contribution in [2.24, 2.45) is 0 Å². The van der Waals surface area contributed by atoms with E-state index in [-0.39, 0.29) is 0 Å². The van der Waals surface area contributed by atoms with Crippen LogP contribution in [0, 0.1) is 0 Å². The first-order valence-corrected chi connectivity index (χ1v) is 15.0.